The van der Waals surface area contributed by atoms with E-state index in [0.29, 0.717) is 0 Å². The minimum absolute atomic E-state index is 0.0778. The molecule has 4 N–H and O–H groups in total. The number of hydrogen-bond donors (Lipinski definition) is 4. The second-order valence-corrected chi connectivity index (χ2v) is 9.30. The Morgan fingerprint density at radius 1 is 0.917 bits per heavy atom. The number of nitrogens with zero attached hydrogens (tertiary/aromatic N) is 1. The van der Waals surface area contributed by atoms with Gasteiger partial charge >= 0.3 is 0 Å². The normalized spacial score (nSPS) is 31.6. The van der Waals surface area contributed by atoms with Gasteiger partial charge in [-0.05, 0) is 47.0 Å². The number of aliphatic hydroxyl groups is 2. The molecule has 0 aromatic heterocycles. The predicted octanol–water partition coefficient (Wildman–Crippen LogP) is 2.53. The molecule has 24 heavy (non-hydrogen) atoms. The van der Waals surface area contributed by atoms with E-state index >= 15 is 0 Å². The van der Waals surface area contributed by atoms with Gasteiger partial charge in [0.25, 0.3) is 0 Å². The van der Waals surface area contributed by atoms with Crippen molar-refractivity contribution in [2.75, 3.05) is 6.54 Å². The van der Waals surface area contributed by atoms with E-state index in [1.807, 2.05) is 4.90 Å². The topological polar surface area (TPSA) is 67.8 Å². The minimum atomic E-state index is -0.750. The highest BCUT2D eigenvalue weighted by atomic mass is 16.4. The Balaban J connectivity index is 1.95. The molecule has 5 heteroatoms. The second-order valence-electron chi connectivity index (χ2n) is 9.30. The van der Waals surface area contributed by atoms with Gasteiger partial charge < -0.3 is 15.5 Å². The van der Waals surface area contributed by atoms with Crippen molar-refractivity contribution in [3.05, 3.63) is 0 Å². The van der Waals surface area contributed by atoms with Gasteiger partial charge in [-0.3, -0.25) is 5.32 Å². The summed E-state index contributed by atoms with van der Waals surface area (Å²) in [5.74, 6) is 0. The molecule has 142 valence electrons. The van der Waals surface area contributed by atoms with Crippen molar-refractivity contribution in [2.45, 2.75) is 115 Å². The standard InChI is InChI=1S/C19H39N3O2/c1-6-7-8-9-10-11-12-22-15(23)19(20-16(22)24)13-17(2,3)21-18(4,5)14-19/h15-16,20-21,23-24H,6-14H2,1-5H3. The summed E-state index contributed by atoms with van der Waals surface area (Å²) < 4.78 is 0. The van der Waals surface area contributed by atoms with Gasteiger partial charge in [0.1, 0.15) is 6.23 Å². The van der Waals surface area contributed by atoms with Gasteiger partial charge in [0.05, 0.1) is 5.54 Å². The lowest BCUT2D eigenvalue weighted by atomic mass is 9.70. The maximum absolute atomic E-state index is 11.0. The van der Waals surface area contributed by atoms with Crippen LogP contribution >= 0.6 is 0 Å². The first-order valence-electron chi connectivity index (χ1n) is 9.80. The number of unbranched alkanes of at least 4 members (excludes halogenated alkanes) is 5. The highest BCUT2D eigenvalue weighted by Gasteiger charge is 2.57. The van der Waals surface area contributed by atoms with Gasteiger partial charge in [0, 0.05) is 17.6 Å². The van der Waals surface area contributed by atoms with Crippen LogP contribution in [0.15, 0.2) is 0 Å². The fourth-order valence-electron chi connectivity index (χ4n) is 5.11. The van der Waals surface area contributed by atoms with E-state index in [-0.39, 0.29) is 11.1 Å². The molecule has 0 bridgehead atoms. The Hall–Kier alpha value is -0.200. The molecule has 2 rings (SSSR count). The summed E-state index contributed by atoms with van der Waals surface area (Å²) in [6, 6.07) is 0. The third-order valence-corrected chi connectivity index (χ3v) is 5.50. The molecule has 0 aliphatic carbocycles. The molecule has 0 radical (unpaired) electrons. The van der Waals surface area contributed by atoms with E-state index in [9.17, 15) is 10.2 Å². The molecule has 2 aliphatic heterocycles. The van der Waals surface area contributed by atoms with Gasteiger partial charge in [-0.15, -0.1) is 0 Å². The van der Waals surface area contributed by atoms with Crippen LogP contribution in [-0.2, 0) is 0 Å². The average Bonchev–Trinajstić information content (AvgIpc) is 2.62. The molecule has 2 fully saturated rings. The van der Waals surface area contributed by atoms with Crippen molar-refractivity contribution in [2.24, 2.45) is 0 Å². The molecule has 2 unspecified atom stereocenters. The van der Waals surface area contributed by atoms with Crippen LogP contribution in [0.2, 0.25) is 0 Å². The van der Waals surface area contributed by atoms with E-state index < -0.39 is 18.1 Å². The molecule has 0 amide bonds. The van der Waals surface area contributed by atoms with E-state index in [2.05, 4.69) is 45.3 Å². The lowest BCUT2D eigenvalue weighted by Crippen LogP contribution is -2.69. The molecule has 2 aliphatic rings. The number of rotatable bonds is 7. The molecular formula is C19H39N3O2. The molecule has 5 nitrogen and oxygen atoms in total. The highest BCUT2D eigenvalue weighted by molar-refractivity contribution is 5.13. The van der Waals surface area contributed by atoms with Crippen molar-refractivity contribution in [3.63, 3.8) is 0 Å². The van der Waals surface area contributed by atoms with E-state index in [1.165, 1.54) is 32.1 Å². The SMILES string of the molecule is CCCCCCCCN1C(O)NC2(CC(C)(C)NC(C)(C)C2)C1O. The quantitative estimate of drug-likeness (QED) is 0.536. The third-order valence-electron chi connectivity index (χ3n) is 5.50. The van der Waals surface area contributed by atoms with Crippen LogP contribution in [0.1, 0.15) is 86.0 Å². The molecule has 2 atom stereocenters. The molecule has 0 aromatic rings. The van der Waals surface area contributed by atoms with Crippen LogP contribution in [0.3, 0.4) is 0 Å². The number of hydrogen-bond acceptors (Lipinski definition) is 5. The van der Waals surface area contributed by atoms with Crippen LogP contribution < -0.4 is 10.6 Å². The van der Waals surface area contributed by atoms with E-state index in [1.54, 1.807) is 0 Å². The Bertz CT molecular complexity index is 395. The maximum atomic E-state index is 11.0. The zero-order chi connectivity index (χ0) is 18.0. The second kappa shape index (κ2) is 7.58. The maximum Gasteiger partial charge on any atom is 0.165 e. The van der Waals surface area contributed by atoms with Gasteiger partial charge in [-0.1, -0.05) is 39.0 Å². The summed E-state index contributed by atoms with van der Waals surface area (Å²) in [4.78, 5) is 1.84. The van der Waals surface area contributed by atoms with Gasteiger partial charge in [-0.25, -0.2) is 4.90 Å². The first-order valence-corrected chi connectivity index (χ1v) is 9.80. The summed E-state index contributed by atoms with van der Waals surface area (Å²) in [5, 5.41) is 28.5. The summed E-state index contributed by atoms with van der Waals surface area (Å²) in [5.41, 5.74) is -0.600. The van der Waals surface area contributed by atoms with E-state index in [0.717, 1.165) is 25.8 Å². The van der Waals surface area contributed by atoms with Crippen molar-refractivity contribution in [3.8, 4) is 0 Å². The smallest absolute Gasteiger partial charge is 0.165 e. The van der Waals surface area contributed by atoms with Gasteiger partial charge in [0.15, 0.2) is 6.35 Å². The predicted molar refractivity (Wildman–Crippen MR) is 98.5 cm³/mol. The van der Waals surface area contributed by atoms with Gasteiger partial charge in [-0.2, -0.15) is 0 Å². The van der Waals surface area contributed by atoms with Crippen LogP contribution in [0, 0.1) is 0 Å². The zero-order valence-corrected chi connectivity index (χ0v) is 16.4. The van der Waals surface area contributed by atoms with Crippen LogP contribution in [0.4, 0.5) is 0 Å². The number of piperidine rings is 1. The lowest BCUT2D eigenvalue weighted by Gasteiger charge is -2.52. The third kappa shape index (κ3) is 4.70. The summed E-state index contributed by atoms with van der Waals surface area (Å²) in [6.45, 7) is 11.7. The summed E-state index contributed by atoms with van der Waals surface area (Å²) in [6.07, 6.45) is 7.51. The Kier molecular flexibility index (Phi) is 6.36. The molecule has 2 saturated heterocycles. The average molecular weight is 342 g/mol. The zero-order valence-electron chi connectivity index (χ0n) is 16.4. The van der Waals surface area contributed by atoms with Crippen molar-refractivity contribution in [1.29, 1.82) is 0 Å². The summed E-state index contributed by atoms with van der Waals surface area (Å²) >= 11 is 0. The molecule has 0 saturated carbocycles. The molecular weight excluding hydrogens is 302 g/mol. The number of aliphatic hydroxyl groups excluding tert-OH is 2. The lowest BCUT2D eigenvalue weighted by molar-refractivity contribution is -0.0801. The van der Waals surface area contributed by atoms with E-state index in [4.69, 9.17) is 0 Å². The Morgan fingerprint density at radius 3 is 2.04 bits per heavy atom. The fraction of sp³-hybridized carbons (Fsp3) is 1.00. The Morgan fingerprint density at radius 2 is 1.46 bits per heavy atom. The van der Waals surface area contributed by atoms with Gasteiger partial charge in [0.2, 0.25) is 0 Å². The molecule has 2 heterocycles. The minimum Gasteiger partial charge on any atom is -0.376 e. The largest absolute Gasteiger partial charge is 0.376 e. The molecule has 1 spiro atoms. The van der Waals surface area contributed by atoms with Crippen LogP contribution in [-0.4, -0.2) is 50.9 Å². The first-order chi connectivity index (χ1) is 11.1. The first kappa shape index (κ1) is 20.1. The monoisotopic (exact) mass is 341 g/mol. The van der Waals surface area contributed by atoms with Crippen molar-refractivity contribution >= 4 is 0 Å². The van der Waals surface area contributed by atoms with Crippen molar-refractivity contribution in [1.82, 2.24) is 15.5 Å². The highest BCUT2D eigenvalue weighted by Crippen LogP contribution is 2.42. The fourth-order valence-corrected chi connectivity index (χ4v) is 5.11. The number of nitrogens with one attached hydrogen (secondary N) is 2. The summed E-state index contributed by atoms with van der Waals surface area (Å²) in [7, 11) is 0. The van der Waals surface area contributed by atoms with Crippen molar-refractivity contribution < 1.29 is 10.2 Å². The Labute approximate surface area is 148 Å². The van der Waals surface area contributed by atoms with Crippen LogP contribution in [0.25, 0.3) is 0 Å². The van der Waals surface area contributed by atoms with Crippen LogP contribution in [0.5, 0.6) is 0 Å². The molecule has 0 aromatic carbocycles.